The van der Waals surface area contributed by atoms with Gasteiger partial charge in [0.1, 0.15) is 12.9 Å². The molecule has 3 aromatic rings. The quantitative estimate of drug-likeness (QED) is 0.323. The Balaban J connectivity index is 1.72. The number of benzene rings is 2. The van der Waals surface area contributed by atoms with Gasteiger partial charge < -0.3 is 9.30 Å². The average molecular weight is 412 g/mol. The van der Waals surface area contributed by atoms with E-state index in [-0.39, 0.29) is 17.9 Å². The number of ether oxygens (including phenoxy) is 1. The van der Waals surface area contributed by atoms with Crippen molar-refractivity contribution in [1.29, 1.82) is 0 Å². The minimum Gasteiger partial charge on any atom is -0.457 e. The zero-order valence-corrected chi connectivity index (χ0v) is 17.0. The van der Waals surface area contributed by atoms with Crippen LogP contribution in [-0.2, 0) is 18.4 Å². The Hall–Kier alpha value is -3.20. The van der Waals surface area contributed by atoms with Crippen LogP contribution in [0.5, 0.6) is 0 Å². The minimum atomic E-state index is -0.615. The Morgan fingerprint density at radius 1 is 1.24 bits per heavy atom. The van der Waals surface area contributed by atoms with Gasteiger partial charge in [-0.3, -0.25) is 10.1 Å². The number of nitrogens with zero attached hydrogens (tertiary/aromatic N) is 4. The second kappa shape index (κ2) is 8.87. The second-order valence-corrected chi connectivity index (χ2v) is 7.75. The summed E-state index contributed by atoms with van der Waals surface area (Å²) in [5.41, 5.74) is 1.99. The standard InChI is InChI=1S/C20H20N4O4S/c1-13(2)15-6-4-14(5-7-15)11-28-19(25)16-8-9-18(17(10-16)24(26)27)29-20-22-21-12-23(20)3/h4-10,12-13H,11H2,1-3H3. The summed E-state index contributed by atoms with van der Waals surface area (Å²) in [7, 11) is 1.74. The van der Waals surface area contributed by atoms with Gasteiger partial charge in [-0.05, 0) is 40.9 Å². The number of rotatable bonds is 7. The first-order valence-electron chi connectivity index (χ1n) is 8.91. The third-order valence-corrected chi connectivity index (χ3v) is 5.40. The lowest BCUT2D eigenvalue weighted by atomic mass is 10.0. The van der Waals surface area contributed by atoms with Crippen molar-refractivity contribution in [2.75, 3.05) is 0 Å². The molecule has 0 aliphatic heterocycles. The van der Waals surface area contributed by atoms with Gasteiger partial charge in [0.05, 0.1) is 15.4 Å². The number of aryl methyl sites for hydroxylation is 1. The van der Waals surface area contributed by atoms with Crippen molar-refractivity contribution in [2.24, 2.45) is 7.05 Å². The van der Waals surface area contributed by atoms with Gasteiger partial charge in [0.2, 0.25) is 0 Å². The normalized spacial score (nSPS) is 10.9. The summed E-state index contributed by atoms with van der Waals surface area (Å²) >= 11 is 1.11. The van der Waals surface area contributed by atoms with E-state index in [2.05, 4.69) is 24.0 Å². The molecule has 1 heterocycles. The molecule has 0 aliphatic carbocycles. The molecule has 0 saturated heterocycles. The van der Waals surface area contributed by atoms with Crippen LogP contribution in [0.4, 0.5) is 5.69 Å². The maximum absolute atomic E-state index is 12.4. The highest BCUT2D eigenvalue weighted by molar-refractivity contribution is 7.99. The van der Waals surface area contributed by atoms with Crippen molar-refractivity contribution in [3.8, 4) is 0 Å². The highest BCUT2D eigenvalue weighted by atomic mass is 32.2. The molecule has 0 N–H and O–H groups in total. The van der Waals surface area contributed by atoms with Crippen molar-refractivity contribution in [3.63, 3.8) is 0 Å². The van der Waals surface area contributed by atoms with Gasteiger partial charge in [0, 0.05) is 13.1 Å². The van der Waals surface area contributed by atoms with Crippen molar-refractivity contribution < 1.29 is 14.5 Å². The van der Waals surface area contributed by atoms with Crippen LogP contribution < -0.4 is 0 Å². The number of carbonyl (C=O) groups is 1. The maximum atomic E-state index is 12.4. The van der Waals surface area contributed by atoms with E-state index in [0.29, 0.717) is 16.0 Å². The van der Waals surface area contributed by atoms with Crippen molar-refractivity contribution in [3.05, 3.63) is 75.6 Å². The molecule has 0 atom stereocenters. The van der Waals surface area contributed by atoms with E-state index in [4.69, 9.17) is 4.74 Å². The molecule has 8 nitrogen and oxygen atoms in total. The topological polar surface area (TPSA) is 100 Å². The van der Waals surface area contributed by atoms with Gasteiger partial charge in [-0.1, -0.05) is 38.1 Å². The molecule has 2 aromatic carbocycles. The molecule has 0 unspecified atom stereocenters. The van der Waals surface area contributed by atoms with Crippen LogP contribution in [0.15, 0.2) is 58.8 Å². The van der Waals surface area contributed by atoms with Gasteiger partial charge in [0.15, 0.2) is 5.16 Å². The molecule has 29 heavy (non-hydrogen) atoms. The smallest absolute Gasteiger partial charge is 0.338 e. The molecule has 0 fully saturated rings. The molecule has 0 saturated carbocycles. The largest absolute Gasteiger partial charge is 0.457 e. The Morgan fingerprint density at radius 2 is 1.97 bits per heavy atom. The molecule has 0 bridgehead atoms. The van der Waals surface area contributed by atoms with E-state index in [1.165, 1.54) is 30.1 Å². The molecule has 3 rings (SSSR count). The highest BCUT2D eigenvalue weighted by Crippen LogP contribution is 2.34. The summed E-state index contributed by atoms with van der Waals surface area (Å²) in [4.78, 5) is 23.7. The van der Waals surface area contributed by atoms with E-state index in [0.717, 1.165) is 17.3 Å². The molecule has 0 amide bonds. The average Bonchev–Trinajstić information content (AvgIpc) is 3.11. The lowest BCUT2D eigenvalue weighted by Gasteiger charge is -2.09. The Labute approximate surface area is 172 Å². The summed E-state index contributed by atoms with van der Waals surface area (Å²) in [6, 6.07) is 12.1. The first-order chi connectivity index (χ1) is 13.8. The molecule has 150 valence electrons. The molecule has 0 aliphatic rings. The lowest BCUT2D eigenvalue weighted by molar-refractivity contribution is -0.387. The van der Waals surface area contributed by atoms with Crippen molar-refractivity contribution >= 4 is 23.4 Å². The number of esters is 1. The number of hydrogen-bond donors (Lipinski definition) is 0. The minimum absolute atomic E-state index is 0.0977. The number of aromatic nitrogens is 3. The van der Waals surface area contributed by atoms with E-state index in [1.54, 1.807) is 11.6 Å². The van der Waals surface area contributed by atoms with Crippen LogP contribution >= 0.6 is 11.8 Å². The molecule has 0 radical (unpaired) electrons. The number of hydrogen-bond acceptors (Lipinski definition) is 7. The van der Waals surface area contributed by atoms with Gasteiger partial charge >= 0.3 is 5.97 Å². The van der Waals surface area contributed by atoms with Crippen LogP contribution in [0.25, 0.3) is 0 Å². The first-order valence-corrected chi connectivity index (χ1v) is 9.73. The Bertz CT molecular complexity index is 1030. The maximum Gasteiger partial charge on any atom is 0.338 e. The number of nitro benzene ring substituents is 1. The van der Waals surface area contributed by atoms with E-state index >= 15 is 0 Å². The van der Waals surface area contributed by atoms with Gasteiger partial charge in [-0.15, -0.1) is 10.2 Å². The van der Waals surface area contributed by atoms with Gasteiger partial charge in [-0.2, -0.15) is 0 Å². The van der Waals surface area contributed by atoms with E-state index in [9.17, 15) is 14.9 Å². The predicted molar refractivity (Wildman–Crippen MR) is 108 cm³/mol. The fraction of sp³-hybridized carbons (Fsp3) is 0.250. The highest BCUT2D eigenvalue weighted by Gasteiger charge is 2.20. The predicted octanol–water partition coefficient (Wildman–Crippen LogP) is 4.35. The summed E-state index contributed by atoms with van der Waals surface area (Å²) in [6.45, 7) is 4.31. The van der Waals surface area contributed by atoms with Crippen LogP contribution in [0.3, 0.4) is 0 Å². The fourth-order valence-electron chi connectivity index (χ4n) is 2.57. The molecule has 9 heteroatoms. The molecular formula is C20H20N4O4S. The summed E-state index contributed by atoms with van der Waals surface area (Å²) in [6.07, 6.45) is 1.51. The summed E-state index contributed by atoms with van der Waals surface area (Å²) in [5, 5.41) is 19.6. The van der Waals surface area contributed by atoms with E-state index < -0.39 is 10.9 Å². The van der Waals surface area contributed by atoms with Crippen LogP contribution in [0.2, 0.25) is 0 Å². The molecule has 0 spiro atoms. The third-order valence-electron chi connectivity index (χ3n) is 4.28. The monoisotopic (exact) mass is 412 g/mol. The third kappa shape index (κ3) is 5.00. The molecular weight excluding hydrogens is 392 g/mol. The summed E-state index contributed by atoms with van der Waals surface area (Å²) in [5.74, 6) is -0.193. The first kappa shape index (κ1) is 20.5. The van der Waals surface area contributed by atoms with Gasteiger partial charge in [0.25, 0.3) is 5.69 Å². The number of carbonyl (C=O) groups excluding carboxylic acids is 1. The SMILES string of the molecule is CC(C)c1ccc(COC(=O)c2ccc(Sc3nncn3C)c([N+](=O)[O-])c2)cc1. The second-order valence-electron chi connectivity index (χ2n) is 6.74. The van der Waals surface area contributed by atoms with Crippen molar-refractivity contribution in [1.82, 2.24) is 14.8 Å². The number of nitro groups is 1. The van der Waals surface area contributed by atoms with Crippen LogP contribution in [0, 0.1) is 10.1 Å². The van der Waals surface area contributed by atoms with Crippen LogP contribution in [-0.4, -0.2) is 25.7 Å². The fourth-order valence-corrected chi connectivity index (χ4v) is 3.42. The van der Waals surface area contributed by atoms with Crippen molar-refractivity contribution in [2.45, 2.75) is 36.4 Å². The molecule has 1 aromatic heterocycles. The zero-order valence-electron chi connectivity index (χ0n) is 16.2. The van der Waals surface area contributed by atoms with Gasteiger partial charge in [-0.25, -0.2) is 4.79 Å². The lowest BCUT2D eigenvalue weighted by Crippen LogP contribution is -2.06. The van der Waals surface area contributed by atoms with E-state index in [1.807, 2.05) is 24.3 Å². The van der Waals surface area contributed by atoms with Crippen LogP contribution in [0.1, 0.15) is 41.3 Å². The summed E-state index contributed by atoms with van der Waals surface area (Å²) < 4.78 is 6.97. The Kier molecular flexibility index (Phi) is 6.28. The zero-order chi connectivity index (χ0) is 21.0. The Morgan fingerprint density at radius 3 is 2.55 bits per heavy atom.